The van der Waals surface area contributed by atoms with Crippen molar-refractivity contribution < 1.29 is 14.1 Å². The fourth-order valence-electron chi connectivity index (χ4n) is 2.79. The number of ether oxygens (including phenoxy) is 1. The van der Waals surface area contributed by atoms with Gasteiger partial charge < -0.3 is 14.6 Å². The second kappa shape index (κ2) is 8.89. The fourth-order valence-corrected chi connectivity index (χ4v) is 3.01. The van der Waals surface area contributed by atoms with Gasteiger partial charge >= 0.3 is 0 Å². The first-order valence-corrected chi connectivity index (χ1v) is 9.44. The molecule has 3 rings (SSSR count). The van der Waals surface area contributed by atoms with Crippen LogP contribution in [0.4, 0.5) is 0 Å². The Labute approximate surface area is 168 Å². The van der Waals surface area contributed by atoms with Crippen molar-refractivity contribution in [3.05, 3.63) is 65.0 Å². The lowest BCUT2D eigenvalue weighted by Gasteiger charge is -2.21. The Morgan fingerprint density at radius 3 is 2.75 bits per heavy atom. The number of carbonyl (C=O) groups excluding carboxylic acids is 1. The molecule has 1 amide bonds. The molecule has 2 atom stereocenters. The van der Waals surface area contributed by atoms with E-state index in [1.807, 2.05) is 38.1 Å². The van der Waals surface area contributed by atoms with E-state index in [0.717, 1.165) is 12.0 Å². The number of hydrogen-bond donors (Lipinski definition) is 1. The number of hydrogen-bond acceptors (Lipinski definition) is 5. The van der Waals surface area contributed by atoms with Gasteiger partial charge in [-0.15, -0.1) is 0 Å². The average molecular weight is 400 g/mol. The van der Waals surface area contributed by atoms with E-state index >= 15 is 0 Å². The Morgan fingerprint density at radius 2 is 2.04 bits per heavy atom. The van der Waals surface area contributed by atoms with E-state index in [4.69, 9.17) is 20.9 Å². The van der Waals surface area contributed by atoms with Crippen molar-refractivity contribution >= 4 is 17.5 Å². The summed E-state index contributed by atoms with van der Waals surface area (Å²) in [5, 5.41) is 7.46. The summed E-state index contributed by atoms with van der Waals surface area (Å²) in [5.74, 6) is 1.30. The first-order valence-electron chi connectivity index (χ1n) is 9.07. The number of halogens is 1. The van der Waals surface area contributed by atoms with E-state index in [9.17, 15) is 4.79 Å². The van der Waals surface area contributed by atoms with Crippen LogP contribution in [0.5, 0.6) is 5.75 Å². The van der Waals surface area contributed by atoms with Gasteiger partial charge in [0.05, 0.1) is 17.7 Å². The molecule has 0 aliphatic rings. The van der Waals surface area contributed by atoms with E-state index in [2.05, 4.69) is 15.5 Å². The third-order valence-electron chi connectivity index (χ3n) is 4.65. The van der Waals surface area contributed by atoms with Crippen LogP contribution in [-0.2, 0) is 0 Å². The van der Waals surface area contributed by atoms with Gasteiger partial charge in [0, 0.05) is 5.56 Å². The lowest BCUT2D eigenvalue weighted by atomic mass is 9.98. The molecular formula is C21H22ClN3O3. The number of carbonyl (C=O) groups is 1. The molecule has 2 aromatic carbocycles. The fraction of sp³-hybridized carbons (Fsp3) is 0.286. The van der Waals surface area contributed by atoms with E-state index in [1.54, 1.807) is 31.4 Å². The Kier molecular flexibility index (Phi) is 6.31. The zero-order valence-corrected chi connectivity index (χ0v) is 16.7. The third-order valence-corrected chi connectivity index (χ3v) is 4.98. The van der Waals surface area contributed by atoms with E-state index in [1.165, 1.54) is 0 Å². The topological polar surface area (TPSA) is 77.2 Å². The highest BCUT2D eigenvalue weighted by molar-refractivity contribution is 6.33. The van der Waals surface area contributed by atoms with Crippen molar-refractivity contribution in [2.45, 2.75) is 26.3 Å². The van der Waals surface area contributed by atoms with Crippen molar-refractivity contribution in [2.24, 2.45) is 5.92 Å². The minimum absolute atomic E-state index is 0.0880. The number of methoxy groups -OCH3 is 1. The van der Waals surface area contributed by atoms with Gasteiger partial charge in [-0.05, 0) is 30.2 Å². The lowest BCUT2D eigenvalue weighted by Crippen LogP contribution is -2.33. The number of benzene rings is 2. The predicted molar refractivity (Wildman–Crippen MR) is 107 cm³/mol. The molecule has 0 saturated heterocycles. The molecule has 0 unspecified atom stereocenters. The summed E-state index contributed by atoms with van der Waals surface area (Å²) in [7, 11) is 1.60. The van der Waals surface area contributed by atoms with Gasteiger partial charge in [-0.1, -0.05) is 61.3 Å². The summed E-state index contributed by atoms with van der Waals surface area (Å²) >= 11 is 6.15. The molecule has 0 radical (unpaired) electrons. The monoisotopic (exact) mass is 399 g/mol. The average Bonchev–Trinajstić information content (AvgIpc) is 3.21. The Bertz CT molecular complexity index is 957. The van der Waals surface area contributed by atoms with Gasteiger partial charge in [-0.25, -0.2) is 0 Å². The van der Waals surface area contributed by atoms with Crippen LogP contribution in [0.1, 0.15) is 42.6 Å². The van der Waals surface area contributed by atoms with Crippen molar-refractivity contribution in [2.75, 3.05) is 7.11 Å². The second-order valence-corrected chi connectivity index (χ2v) is 6.91. The van der Waals surface area contributed by atoms with Gasteiger partial charge in [-0.2, -0.15) is 4.98 Å². The molecule has 146 valence electrons. The molecule has 1 aromatic heterocycles. The SMILES string of the molecule is CC[C@H](C)[C@H](NC(=O)c1ccccc1Cl)c1nc(-c2cccc(OC)c2)no1. The van der Waals surface area contributed by atoms with Crippen LogP contribution in [-0.4, -0.2) is 23.2 Å². The normalized spacial score (nSPS) is 13.0. The largest absolute Gasteiger partial charge is 0.497 e. The van der Waals surface area contributed by atoms with Crippen LogP contribution in [0.15, 0.2) is 53.1 Å². The van der Waals surface area contributed by atoms with Crippen molar-refractivity contribution in [1.29, 1.82) is 0 Å². The summed E-state index contributed by atoms with van der Waals surface area (Å²) in [6.07, 6.45) is 0.824. The van der Waals surface area contributed by atoms with Crippen molar-refractivity contribution in [3.8, 4) is 17.1 Å². The summed E-state index contributed by atoms with van der Waals surface area (Å²) in [4.78, 5) is 17.2. The Morgan fingerprint density at radius 1 is 1.25 bits per heavy atom. The molecule has 7 heteroatoms. The molecular weight excluding hydrogens is 378 g/mol. The summed E-state index contributed by atoms with van der Waals surface area (Å²) < 4.78 is 10.7. The lowest BCUT2D eigenvalue weighted by molar-refractivity contribution is 0.0910. The van der Waals surface area contributed by atoms with Crippen molar-refractivity contribution in [1.82, 2.24) is 15.5 Å². The van der Waals surface area contributed by atoms with E-state index in [0.29, 0.717) is 28.1 Å². The first-order chi connectivity index (χ1) is 13.5. The molecule has 0 spiro atoms. The molecule has 3 aromatic rings. The second-order valence-electron chi connectivity index (χ2n) is 6.50. The van der Waals surface area contributed by atoms with E-state index in [-0.39, 0.29) is 11.8 Å². The number of nitrogens with one attached hydrogen (secondary N) is 1. The zero-order valence-electron chi connectivity index (χ0n) is 16.0. The molecule has 1 N–H and O–H groups in total. The van der Waals surface area contributed by atoms with Crippen LogP contribution < -0.4 is 10.1 Å². The molecule has 0 aliphatic carbocycles. The highest BCUT2D eigenvalue weighted by Gasteiger charge is 2.27. The van der Waals surface area contributed by atoms with Crippen LogP contribution >= 0.6 is 11.6 Å². The first kappa shape index (κ1) is 19.9. The van der Waals surface area contributed by atoms with Crippen LogP contribution in [0.3, 0.4) is 0 Å². The number of nitrogens with zero attached hydrogens (tertiary/aromatic N) is 2. The maximum absolute atomic E-state index is 12.7. The minimum Gasteiger partial charge on any atom is -0.497 e. The van der Waals surface area contributed by atoms with Gasteiger partial charge in [-0.3, -0.25) is 4.79 Å². The molecule has 28 heavy (non-hydrogen) atoms. The molecule has 6 nitrogen and oxygen atoms in total. The zero-order chi connectivity index (χ0) is 20.1. The third kappa shape index (κ3) is 4.34. The smallest absolute Gasteiger partial charge is 0.253 e. The Hall–Kier alpha value is -2.86. The van der Waals surface area contributed by atoms with Crippen LogP contribution in [0, 0.1) is 5.92 Å². The predicted octanol–water partition coefficient (Wildman–Crippen LogP) is 4.92. The van der Waals surface area contributed by atoms with Gasteiger partial charge in [0.1, 0.15) is 11.8 Å². The van der Waals surface area contributed by atoms with Crippen LogP contribution in [0.25, 0.3) is 11.4 Å². The number of rotatable bonds is 7. The molecule has 0 aliphatic heterocycles. The highest BCUT2D eigenvalue weighted by atomic mass is 35.5. The summed E-state index contributed by atoms with van der Waals surface area (Å²) in [6.45, 7) is 4.06. The molecule has 1 heterocycles. The van der Waals surface area contributed by atoms with Gasteiger partial charge in [0.25, 0.3) is 5.91 Å². The minimum atomic E-state index is -0.430. The Balaban J connectivity index is 1.87. The molecule has 0 saturated carbocycles. The molecule has 0 fully saturated rings. The maximum atomic E-state index is 12.7. The maximum Gasteiger partial charge on any atom is 0.253 e. The standard InChI is InChI=1S/C21H22ClN3O3/c1-4-13(2)18(23-20(26)16-10-5-6-11-17(16)22)21-24-19(25-28-21)14-8-7-9-15(12-14)27-3/h5-13,18H,4H2,1-3H3,(H,23,26)/t13-,18-/m0/s1. The van der Waals surface area contributed by atoms with Gasteiger partial charge in [0.2, 0.25) is 11.7 Å². The quantitative estimate of drug-likeness (QED) is 0.610. The molecule has 0 bridgehead atoms. The number of amides is 1. The number of aromatic nitrogens is 2. The van der Waals surface area contributed by atoms with E-state index < -0.39 is 6.04 Å². The van der Waals surface area contributed by atoms with Crippen LogP contribution in [0.2, 0.25) is 5.02 Å². The van der Waals surface area contributed by atoms with Crippen molar-refractivity contribution in [3.63, 3.8) is 0 Å². The summed E-state index contributed by atoms with van der Waals surface area (Å²) in [5.41, 5.74) is 1.18. The summed E-state index contributed by atoms with van der Waals surface area (Å²) in [6, 6.07) is 13.9. The van der Waals surface area contributed by atoms with Gasteiger partial charge in [0.15, 0.2) is 0 Å². The highest BCUT2D eigenvalue weighted by Crippen LogP contribution is 2.28.